The molecule has 2 aliphatic heterocycles. The lowest BCUT2D eigenvalue weighted by atomic mass is 9.83. The molecule has 0 aromatic heterocycles. The van der Waals surface area contributed by atoms with Crippen molar-refractivity contribution in [2.75, 3.05) is 13.2 Å². The van der Waals surface area contributed by atoms with E-state index in [-0.39, 0.29) is 23.8 Å². The maximum Gasteiger partial charge on any atom is 0.311 e. The van der Waals surface area contributed by atoms with Crippen molar-refractivity contribution in [1.82, 2.24) is 4.90 Å². The van der Waals surface area contributed by atoms with Crippen molar-refractivity contribution in [3.63, 3.8) is 0 Å². The Morgan fingerprint density at radius 3 is 3.00 bits per heavy atom. The van der Waals surface area contributed by atoms with Crippen molar-refractivity contribution in [1.29, 1.82) is 0 Å². The van der Waals surface area contributed by atoms with E-state index in [1.807, 2.05) is 11.8 Å². The van der Waals surface area contributed by atoms with Crippen molar-refractivity contribution in [2.45, 2.75) is 45.1 Å². The quantitative estimate of drug-likeness (QED) is 0.666. The Bertz CT molecular complexity index is 290. The summed E-state index contributed by atoms with van der Waals surface area (Å²) < 4.78 is 5.09. The second-order valence-electron chi connectivity index (χ2n) is 4.55. The number of fused-ring (bicyclic) bond motifs is 1. The van der Waals surface area contributed by atoms with Gasteiger partial charge in [-0.15, -0.1) is 0 Å². The van der Waals surface area contributed by atoms with Gasteiger partial charge in [-0.2, -0.15) is 0 Å². The van der Waals surface area contributed by atoms with Gasteiger partial charge in [0.1, 0.15) is 0 Å². The summed E-state index contributed by atoms with van der Waals surface area (Å²) in [5, 5.41) is 0. The van der Waals surface area contributed by atoms with E-state index in [0.717, 1.165) is 25.8 Å². The molecule has 4 heteroatoms. The van der Waals surface area contributed by atoms with Crippen molar-refractivity contribution in [3.8, 4) is 0 Å². The topological polar surface area (TPSA) is 46.6 Å². The van der Waals surface area contributed by atoms with Crippen molar-refractivity contribution < 1.29 is 14.3 Å². The smallest absolute Gasteiger partial charge is 0.311 e. The molecule has 16 heavy (non-hydrogen) atoms. The Hall–Kier alpha value is -1.06. The average molecular weight is 225 g/mol. The van der Waals surface area contributed by atoms with Crippen LogP contribution in [0.2, 0.25) is 0 Å². The fourth-order valence-corrected chi connectivity index (χ4v) is 2.82. The van der Waals surface area contributed by atoms with Crippen LogP contribution in [0.5, 0.6) is 0 Å². The summed E-state index contributed by atoms with van der Waals surface area (Å²) in [4.78, 5) is 25.4. The lowest BCUT2D eigenvalue weighted by Gasteiger charge is -2.43. The van der Waals surface area contributed by atoms with E-state index < -0.39 is 0 Å². The highest BCUT2D eigenvalue weighted by Gasteiger charge is 2.41. The molecule has 90 valence electrons. The second kappa shape index (κ2) is 4.85. The van der Waals surface area contributed by atoms with Gasteiger partial charge in [-0.3, -0.25) is 9.59 Å². The Labute approximate surface area is 95.9 Å². The van der Waals surface area contributed by atoms with Gasteiger partial charge in [-0.05, 0) is 32.6 Å². The van der Waals surface area contributed by atoms with Crippen LogP contribution >= 0.6 is 0 Å². The van der Waals surface area contributed by atoms with Gasteiger partial charge in [0.2, 0.25) is 5.91 Å². The van der Waals surface area contributed by atoms with Crippen LogP contribution in [0.25, 0.3) is 0 Å². The van der Waals surface area contributed by atoms with Gasteiger partial charge in [0.15, 0.2) is 0 Å². The number of nitrogens with zero attached hydrogens (tertiary/aromatic N) is 1. The SMILES string of the molecule is CCOC(=O)C1CCC(=O)N2CCCCC12. The summed E-state index contributed by atoms with van der Waals surface area (Å²) in [6, 6.07) is 0.106. The van der Waals surface area contributed by atoms with Crippen LogP contribution in [-0.2, 0) is 14.3 Å². The highest BCUT2D eigenvalue weighted by atomic mass is 16.5. The highest BCUT2D eigenvalue weighted by Crippen LogP contribution is 2.32. The molecule has 0 aromatic rings. The predicted molar refractivity (Wildman–Crippen MR) is 58.7 cm³/mol. The molecule has 2 atom stereocenters. The summed E-state index contributed by atoms with van der Waals surface area (Å²) in [5.74, 6) is 0.00935. The Kier molecular flexibility index (Phi) is 3.46. The first kappa shape index (κ1) is 11.4. The molecule has 2 fully saturated rings. The third-order valence-electron chi connectivity index (χ3n) is 3.59. The minimum absolute atomic E-state index is 0.0852. The molecule has 2 saturated heterocycles. The summed E-state index contributed by atoms with van der Waals surface area (Å²) in [5.41, 5.74) is 0. The molecule has 2 heterocycles. The van der Waals surface area contributed by atoms with Gasteiger partial charge < -0.3 is 9.64 Å². The molecule has 2 unspecified atom stereocenters. The summed E-state index contributed by atoms with van der Waals surface area (Å²) in [6.07, 6.45) is 4.30. The van der Waals surface area contributed by atoms with Crippen molar-refractivity contribution in [2.24, 2.45) is 5.92 Å². The minimum atomic E-state index is -0.119. The van der Waals surface area contributed by atoms with Gasteiger partial charge in [-0.1, -0.05) is 0 Å². The number of ether oxygens (including phenoxy) is 1. The van der Waals surface area contributed by atoms with E-state index in [1.54, 1.807) is 0 Å². The number of piperidine rings is 2. The van der Waals surface area contributed by atoms with E-state index in [4.69, 9.17) is 4.74 Å². The van der Waals surface area contributed by atoms with Crippen molar-refractivity contribution >= 4 is 11.9 Å². The van der Waals surface area contributed by atoms with E-state index in [2.05, 4.69) is 0 Å². The molecular weight excluding hydrogens is 206 g/mol. The number of carbonyl (C=O) groups excluding carboxylic acids is 2. The third kappa shape index (κ3) is 2.06. The zero-order valence-electron chi connectivity index (χ0n) is 9.78. The van der Waals surface area contributed by atoms with E-state index >= 15 is 0 Å². The number of hydrogen-bond donors (Lipinski definition) is 0. The lowest BCUT2D eigenvalue weighted by molar-refractivity contribution is -0.157. The molecule has 2 rings (SSSR count). The van der Waals surface area contributed by atoms with E-state index in [0.29, 0.717) is 19.4 Å². The summed E-state index contributed by atoms with van der Waals surface area (Å²) in [6.45, 7) is 3.07. The van der Waals surface area contributed by atoms with Gasteiger partial charge >= 0.3 is 5.97 Å². The van der Waals surface area contributed by atoms with Crippen LogP contribution in [-0.4, -0.2) is 36.0 Å². The molecular formula is C12H19NO3. The monoisotopic (exact) mass is 225 g/mol. The second-order valence-corrected chi connectivity index (χ2v) is 4.55. The van der Waals surface area contributed by atoms with Crippen molar-refractivity contribution in [3.05, 3.63) is 0 Å². The fraction of sp³-hybridized carbons (Fsp3) is 0.833. The van der Waals surface area contributed by atoms with Gasteiger partial charge in [0, 0.05) is 19.0 Å². The first-order valence-corrected chi connectivity index (χ1v) is 6.20. The Morgan fingerprint density at radius 1 is 1.44 bits per heavy atom. The predicted octanol–water partition coefficient (Wildman–Crippen LogP) is 1.34. The zero-order chi connectivity index (χ0) is 11.5. The maximum absolute atomic E-state index is 11.8. The molecule has 1 amide bonds. The fourth-order valence-electron chi connectivity index (χ4n) is 2.82. The maximum atomic E-state index is 11.8. The molecule has 0 saturated carbocycles. The van der Waals surface area contributed by atoms with Crippen LogP contribution < -0.4 is 0 Å². The minimum Gasteiger partial charge on any atom is -0.466 e. The summed E-state index contributed by atoms with van der Waals surface area (Å²) >= 11 is 0. The lowest BCUT2D eigenvalue weighted by Crippen LogP contribution is -2.53. The molecule has 0 bridgehead atoms. The summed E-state index contributed by atoms with van der Waals surface area (Å²) in [7, 11) is 0. The van der Waals surface area contributed by atoms with Crippen LogP contribution in [0.15, 0.2) is 0 Å². The number of esters is 1. The highest BCUT2D eigenvalue weighted by molar-refractivity contribution is 5.82. The molecule has 0 aromatic carbocycles. The molecule has 2 aliphatic rings. The third-order valence-corrected chi connectivity index (χ3v) is 3.59. The standard InChI is InChI=1S/C12H19NO3/c1-2-16-12(15)9-6-7-11(14)13-8-4-3-5-10(9)13/h9-10H,2-8H2,1H3. The average Bonchev–Trinajstić information content (AvgIpc) is 2.30. The first-order chi connectivity index (χ1) is 7.74. The largest absolute Gasteiger partial charge is 0.466 e. The molecule has 0 N–H and O–H groups in total. The zero-order valence-corrected chi connectivity index (χ0v) is 9.78. The van der Waals surface area contributed by atoms with Crippen LogP contribution in [0.1, 0.15) is 39.0 Å². The van der Waals surface area contributed by atoms with E-state index in [9.17, 15) is 9.59 Å². The van der Waals surface area contributed by atoms with Gasteiger partial charge in [0.05, 0.1) is 12.5 Å². The molecule has 4 nitrogen and oxygen atoms in total. The molecule has 0 radical (unpaired) electrons. The van der Waals surface area contributed by atoms with Gasteiger partial charge in [0.25, 0.3) is 0 Å². The number of hydrogen-bond acceptors (Lipinski definition) is 3. The van der Waals surface area contributed by atoms with E-state index in [1.165, 1.54) is 0 Å². The van der Waals surface area contributed by atoms with Crippen LogP contribution in [0, 0.1) is 5.92 Å². The first-order valence-electron chi connectivity index (χ1n) is 6.20. The number of rotatable bonds is 2. The number of amides is 1. The van der Waals surface area contributed by atoms with Gasteiger partial charge in [-0.25, -0.2) is 0 Å². The van der Waals surface area contributed by atoms with Crippen LogP contribution in [0.4, 0.5) is 0 Å². The van der Waals surface area contributed by atoms with Crippen LogP contribution in [0.3, 0.4) is 0 Å². The Morgan fingerprint density at radius 2 is 2.25 bits per heavy atom. The number of carbonyl (C=O) groups is 2. The normalized spacial score (nSPS) is 29.8. The molecule has 0 spiro atoms. The Balaban J connectivity index is 2.08. The molecule has 0 aliphatic carbocycles.